The van der Waals surface area contributed by atoms with Gasteiger partial charge in [0.1, 0.15) is 0 Å². The number of hydrogen-bond donors (Lipinski definition) is 2. The molecule has 0 aromatic carbocycles. The summed E-state index contributed by atoms with van der Waals surface area (Å²) in [6, 6.07) is 0. The van der Waals surface area contributed by atoms with E-state index >= 15 is 0 Å². The van der Waals surface area contributed by atoms with Gasteiger partial charge >= 0.3 is 5.97 Å². The summed E-state index contributed by atoms with van der Waals surface area (Å²) < 4.78 is 0. The highest BCUT2D eigenvalue weighted by atomic mass is 16.4. The van der Waals surface area contributed by atoms with Gasteiger partial charge in [-0.3, -0.25) is 0 Å². The Bertz CT molecular complexity index is 152. The van der Waals surface area contributed by atoms with E-state index in [2.05, 4.69) is 6.92 Å². The quantitative estimate of drug-likeness (QED) is 0.472. The third kappa shape index (κ3) is 5.92. The Kier molecular flexibility index (Phi) is 6.38. The zero-order valence-electron chi connectivity index (χ0n) is 7.36. The molecule has 12 heavy (non-hydrogen) atoms. The molecular weight excluding hydrogens is 156 g/mol. The minimum atomic E-state index is -1.34. The van der Waals surface area contributed by atoms with Crippen molar-refractivity contribution >= 4 is 5.97 Å². The van der Waals surface area contributed by atoms with Crippen molar-refractivity contribution in [3.8, 4) is 0 Å². The number of carboxylic acids is 1. The van der Waals surface area contributed by atoms with Crippen LogP contribution in [0.3, 0.4) is 0 Å². The van der Waals surface area contributed by atoms with Gasteiger partial charge in [-0.15, -0.1) is 0 Å². The van der Waals surface area contributed by atoms with E-state index in [-0.39, 0.29) is 0 Å². The van der Waals surface area contributed by atoms with Crippen molar-refractivity contribution in [1.82, 2.24) is 0 Å². The topological polar surface area (TPSA) is 57.5 Å². The highest BCUT2D eigenvalue weighted by Crippen LogP contribution is 2.00. The monoisotopic (exact) mass is 172 g/mol. The molecule has 0 heterocycles. The highest BCUT2D eigenvalue weighted by Gasteiger charge is 2.06. The van der Waals surface area contributed by atoms with Crippen LogP contribution in [-0.4, -0.2) is 22.3 Å². The highest BCUT2D eigenvalue weighted by molar-refractivity contribution is 5.74. The van der Waals surface area contributed by atoms with E-state index in [1.165, 1.54) is 6.08 Å². The van der Waals surface area contributed by atoms with E-state index < -0.39 is 12.1 Å². The predicted octanol–water partition coefficient (Wildman–Crippen LogP) is 1.57. The van der Waals surface area contributed by atoms with Crippen molar-refractivity contribution in [2.75, 3.05) is 0 Å². The number of aliphatic hydroxyl groups excluding tert-OH is 1. The van der Waals surface area contributed by atoms with Crippen LogP contribution in [0, 0.1) is 0 Å². The molecule has 0 aliphatic heterocycles. The molecule has 0 aromatic rings. The molecule has 0 saturated heterocycles. The van der Waals surface area contributed by atoms with E-state index in [1.807, 2.05) is 0 Å². The number of aliphatic hydroxyl groups is 1. The van der Waals surface area contributed by atoms with Gasteiger partial charge in [-0.25, -0.2) is 4.79 Å². The number of allylic oxidation sites excluding steroid dienone is 1. The van der Waals surface area contributed by atoms with Gasteiger partial charge in [0, 0.05) is 0 Å². The fraction of sp³-hybridized carbons (Fsp3) is 0.667. The number of unbranched alkanes of at least 4 members (excludes halogenated alkanes) is 3. The first-order valence-corrected chi connectivity index (χ1v) is 4.26. The van der Waals surface area contributed by atoms with E-state index in [9.17, 15) is 4.79 Å². The smallest absolute Gasteiger partial charge is 0.336 e. The van der Waals surface area contributed by atoms with Gasteiger partial charge in [0.05, 0.1) is 0 Å². The first-order chi connectivity index (χ1) is 5.68. The van der Waals surface area contributed by atoms with Crippen LogP contribution in [0.5, 0.6) is 0 Å². The normalized spacial score (nSPS) is 13.5. The first kappa shape index (κ1) is 11.2. The number of carbonyl (C=O) groups is 1. The molecule has 3 nitrogen and oxygen atoms in total. The molecule has 0 aliphatic carbocycles. The predicted molar refractivity (Wildman–Crippen MR) is 46.9 cm³/mol. The largest absolute Gasteiger partial charge is 0.479 e. The maximum atomic E-state index is 10.1. The SMILES string of the molecule is CCCCC/C=C/C(O)C(=O)O. The fourth-order valence-corrected chi connectivity index (χ4v) is 0.820. The second kappa shape index (κ2) is 6.85. The van der Waals surface area contributed by atoms with Crippen LogP contribution in [0.2, 0.25) is 0 Å². The second-order valence-electron chi connectivity index (χ2n) is 2.71. The van der Waals surface area contributed by atoms with Gasteiger partial charge in [-0.1, -0.05) is 25.8 Å². The Hall–Kier alpha value is -0.830. The van der Waals surface area contributed by atoms with Crippen LogP contribution >= 0.6 is 0 Å². The van der Waals surface area contributed by atoms with E-state index in [4.69, 9.17) is 10.2 Å². The van der Waals surface area contributed by atoms with Gasteiger partial charge in [-0.05, 0) is 18.9 Å². The fourth-order valence-electron chi connectivity index (χ4n) is 0.820. The standard InChI is InChI=1S/C9H16O3/c1-2-3-4-5-6-7-8(10)9(11)12/h6-8,10H,2-5H2,1H3,(H,11,12)/b7-6+. The van der Waals surface area contributed by atoms with Crippen LogP contribution in [0.25, 0.3) is 0 Å². The van der Waals surface area contributed by atoms with Crippen LogP contribution in [-0.2, 0) is 4.79 Å². The maximum Gasteiger partial charge on any atom is 0.336 e. The molecule has 0 amide bonds. The molecule has 0 radical (unpaired) electrons. The van der Waals surface area contributed by atoms with Crippen molar-refractivity contribution in [3.05, 3.63) is 12.2 Å². The molecule has 0 aliphatic rings. The van der Waals surface area contributed by atoms with Gasteiger partial charge < -0.3 is 10.2 Å². The summed E-state index contributed by atoms with van der Waals surface area (Å²) in [5.74, 6) is -1.19. The Labute approximate surface area is 72.7 Å². The van der Waals surface area contributed by atoms with Crippen molar-refractivity contribution in [1.29, 1.82) is 0 Å². The van der Waals surface area contributed by atoms with Crippen LogP contribution < -0.4 is 0 Å². The average Bonchev–Trinajstić information content (AvgIpc) is 2.03. The Morgan fingerprint density at radius 1 is 1.50 bits per heavy atom. The molecule has 0 rings (SSSR count). The summed E-state index contributed by atoms with van der Waals surface area (Å²) in [7, 11) is 0. The molecule has 0 saturated carbocycles. The molecular formula is C9H16O3. The third-order valence-electron chi connectivity index (χ3n) is 1.55. The van der Waals surface area contributed by atoms with Crippen LogP contribution in [0.4, 0.5) is 0 Å². The van der Waals surface area contributed by atoms with E-state index in [1.54, 1.807) is 6.08 Å². The minimum Gasteiger partial charge on any atom is -0.479 e. The van der Waals surface area contributed by atoms with Crippen molar-refractivity contribution in [3.63, 3.8) is 0 Å². The molecule has 0 bridgehead atoms. The lowest BCUT2D eigenvalue weighted by atomic mass is 10.2. The summed E-state index contributed by atoms with van der Waals surface area (Å²) in [6.07, 6.45) is 5.89. The Morgan fingerprint density at radius 2 is 2.17 bits per heavy atom. The van der Waals surface area contributed by atoms with Gasteiger partial charge in [-0.2, -0.15) is 0 Å². The summed E-state index contributed by atoms with van der Waals surface area (Å²) in [6.45, 7) is 2.11. The molecule has 0 fully saturated rings. The molecule has 2 N–H and O–H groups in total. The summed E-state index contributed by atoms with van der Waals surface area (Å²) in [5.41, 5.74) is 0. The number of hydrogen-bond acceptors (Lipinski definition) is 2. The van der Waals surface area contributed by atoms with Crippen molar-refractivity contribution in [2.24, 2.45) is 0 Å². The molecule has 1 unspecified atom stereocenters. The maximum absolute atomic E-state index is 10.1. The van der Waals surface area contributed by atoms with E-state index in [0.29, 0.717) is 0 Å². The van der Waals surface area contributed by atoms with Crippen LogP contribution in [0.15, 0.2) is 12.2 Å². The lowest BCUT2D eigenvalue weighted by Gasteiger charge is -1.96. The lowest BCUT2D eigenvalue weighted by Crippen LogP contribution is -2.15. The molecule has 0 spiro atoms. The molecule has 0 aromatic heterocycles. The first-order valence-electron chi connectivity index (χ1n) is 4.26. The molecule has 1 atom stereocenters. The van der Waals surface area contributed by atoms with Crippen molar-refractivity contribution in [2.45, 2.75) is 38.7 Å². The molecule has 70 valence electrons. The third-order valence-corrected chi connectivity index (χ3v) is 1.55. The lowest BCUT2D eigenvalue weighted by molar-refractivity contribution is -0.144. The van der Waals surface area contributed by atoms with Gasteiger partial charge in [0.2, 0.25) is 0 Å². The van der Waals surface area contributed by atoms with Crippen molar-refractivity contribution < 1.29 is 15.0 Å². The van der Waals surface area contributed by atoms with Gasteiger partial charge in [0.25, 0.3) is 0 Å². The number of rotatable bonds is 6. The van der Waals surface area contributed by atoms with Crippen LogP contribution in [0.1, 0.15) is 32.6 Å². The molecule has 3 heteroatoms. The van der Waals surface area contributed by atoms with Gasteiger partial charge in [0.15, 0.2) is 6.10 Å². The second-order valence-corrected chi connectivity index (χ2v) is 2.71. The summed E-state index contributed by atoms with van der Waals surface area (Å²) in [5, 5.41) is 17.1. The zero-order valence-corrected chi connectivity index (χ0v) is 7.36. The Balaban J connectivity index is 3.41. The average molecular weight is 172 g/mol. The Morgan fingerprint density at radius 3 is 2.67 bits per heavy atom. The summed E-state index contributed by atoms with van der Waals surface area (Å²) in [4.78, 5) is 10.1. The van der Waals surface area contributed by atoms with E-state index in [0.717, 1.165) is 25.7 Å². The number of aliphatic carboxylic acids is 1. The number of carboxylic acid groups (broad SMARTS) is 1. The zero-order chi connectivity index (χ0) is 9.40. The minimum absolute atomic E-state index is 0.845. The summed E-state index contributed by atoms with van der Waals surface area (Å²) >= 11 is 0.